The second-order valence-corrected chi connectivity index (χ2v) is 6.79. The fraction of sp³-hybridized carbons (Fsp3) is 0.118. The second-order valence-electron chi connectivity index (χ2n) is 5.01. The third-order valence-corrected chi connectivity index (χ3v) is 4.97. The normalized spacial score (nSPS) is 16.0. The Labute approximate surface area is 147 Å². The van der Waals surface area contributed by atoms with Crippen LogP contribution < -0.4 is 5.32 Å². The molecule has 0 aliphatic carbocycles. The molecule has 122 valence electrons. The van der Waals surface area contributed by atoms with E-state index in [1.165, 1.54) is 11.3 Å². The second kappa shape index (κ2) is 7.46. The number of rotatable bonds is 5. The molecular weight excluding hydrogens is 344 g/mol. The van der Waals surface area contributed by atoms with Crippen molar-refractivity contribution in [1.82, 2.24) is 10.2 Å². The van der Waals surface area contributed by atoms with Crippen LogP contribution in [-0.2, 0) is 4.79 Å². The van der Waals surface area contributed by atoms with Gasteiger partial charge in [0.25, 0.3) is 17.1 Å². The first-order valence-electron chi connectivity index (χ1n) is 7.26. The lowest BCUT2D eigenvalue weighted by Crippen LogP contribution is -2.37. The number of amides is 3. The van der Waals surface area contributed by atoms with E-state index in [2.05, 4.69) is 5.32 Å². The summed E-state index contributed by atoms with van der Waals surface area (Å²) in [6.07, 6.45) is 1.70. The average molecular weight is 358 g/mol. The maximum atomic E-state index is 12.3. The van der Waals surface area contributed by atoms with E-state index in [-0.39, 0.29) is 30.1 Å². The summed E-state index contributed by atoms with van der Waals surface area (Å²) in [6, 6.07) is 11.1. The van der Waals surface area contributed by atoms with E-state index in [1.807, 2.05) is 35.7 Å². The fourth-order valence-corrected chi connectivity index (χ4v) is 3.67. The van der Waals surface area contributed by atoms with Crippen molar-refractivity contribution in [1.29, 1.82) is 0 Å². The third kappa shape index (κ3) is 3.74. The van der Waals surface area contributed by atoms with Gasteiger partial charge in [0, 0.05) is 24.0 Å². The van der Waals surface area contributed by atoms with E-state index in [0.717, 1.165) is 22.2 Å². The quantitative estimate of drug-likeness (QED) is 0.834. The number of hydrogen-bond donors (Lipinski definition) is 1. The molecule has 3 rings (SSSR count). The van der Waals surface area contributed by atoms with Gasteiger partial charge in [-0.2, -0.15) is 11.3 Å². The van der Waals surface area contributed by atoms with Crippen LogP contribution in [0.2, 0.25) is 0 Å². The SMILES string of the molecule is O=C(NCCN1C(=O)S/C(=C/c2ccccc2)C1=O)c1ccsc1. The van der Waals surface area contributed by atoms with Crippen molar-refractivity contribution in [2.24, 2.45) is 0 Å². The topological polar surface area (TPSA) is 66.5 Å². The molecule has 1 aromatic carbocycles. The monoisotopic (exact) mass is 358 g/mol. The summed E-state index contributed by atoms with van der Waals surface area (Å²) in [4.78, 5) is 37.7. The van der Waals surface area contributed by atoms with Crippen LogP contribution in [0.15, 0.2) is 52.1 Å². The Kier molecular flexibility index (Phi) is 5.12. The molecule has 2 heterocycles. The number of thioether (sulfide) groups is 1. The van der Waals surface area contributed by atoms with Gasteiger partial charge in [-0.15, -0.1) is 0 Å². The summed E-state index contributed by atoms with van der Waals surface area (Å²) in [5.74, 6) is -0.526. The summed E-state index contributed by atoms with van der Waals surface area (Å²) in [6.45, 7) is 0.387. The molecule has 7 heteroatoms. The maximum absolute atomic E-state index is 12.3. The molecule has 0 radical (unpaired) electrons. The largest absolute Gasteiger partial charge is 0.350 e. The van der Waals surface area contributed by atoms with E-state index in [4.69, 9.17) is 0 Å². The summed E-state index contributed by atoms with van der Waals surface area (Å²) in [5.41, 5.74) is 1.45. The smallest absolute Gasteiger partial charge is 0.293 e. The predicted molar refractivity (Wildman–Crippen MR) is 95.8 cm³/mol. The summed E-state index contributed by atoms with van der Waals surface area (Å²) >= 11 is 2.36. The zero-order valence-corrected chi connectivity index (χ0v) is 14.2. The molecule has 5 nitrogen and oxygen atoms in total. The van der Waals surface area contributed by atoms with E-state index < -0.39 is 0 Å². The lowest BCUT2D eigenvalue weighted by molar-refractivity contribution is -0.122. The Morgan fingerprint density at radius 3 is 2.67 bits per heavy atom. The minimum Gasteiger partial charge on any atom is -0.350 e. The van der Waals surface area contributed by atoms with Gasteiger partial charge >= 0.3 is 0 Å². The van der Waals surface area contributed by atoms with E-state index in [1.54, 1.807) is 17.5 Å². The average Bonchev–Trinajstić information content (AvgIpc) is 3.20. The molecule has 24 heavy (non-hydrogen) atoms. The maximum Gasteiger partial charge on any atom is 0.293 e. The minimum atomic E-state index is -0.321. The molecule has 1 aliphatic rings. The molecule has 1 aromatic heterocycles. The van der Waals surface area contributed by atoms with Crippen LogP contribution in [-0.4, -0.2) is 35.0 Å². The van der Waals surface area contributed by atoms with Crippen LogP contribution >= 0.6 is 23.1 Å². The van der Waals surface area contributed by atoms with E-state index >= 15 is 0 Å². The summed E-state index contributed by atoms with van der Waals surface area (Å²) in [7, 11) is 0. The highest BCUT2D eigenvalue weighted by molar-refractivity contribution is 8.18. The lowest BCUT2D eigenvalue weighted by Gasteiger charge is -2.12. The number of imide groups is 1. The Morgan fingerprint density at radius 1 is 1.17 bits per heavy atom. The number of nitrogens with one attached hydrogen (secondary N) is 1. The van der Waals surface area contributed by atoms with Gasteiger partial charge in [0.2, 0.25) is 0 Å². The van der Waals surface area contributed by atoms with Crippen LogP contribution in [0.3, 0.4) is 0 Å². The molecule has 0 unspecified atom stereocenters. The first-order valence-corrected chi connectivity index (χ1v) is 9.02. The molecule has 0 atom stereocenters. The van der Waals surface area contributed by atoms with Gasteiger partial charge in [0.05, 0.1) is 4.91 Å². The van der Waals surface area contributed by atoms with Gasteiger partial charge in [0.1, 0.15) is 0 Å². The first-order chi connectivity index (χ1) is 11.6. The molecule has 1 fully saturated rings. The molecule has 3 amide bonds. The third-order valence-electron chi connectivity index (χ3n) is 3.38. The van der Waals surface area contributed by atoms with Crippen molar-refractivity contribution in [3.8, 4) is 0 Å². The number of carbonyl (C=O) groups is 3. The van der Waals surface area contributed by atoms with Crippen molar-refractivity contribution in [3.63, 3.8) is 0 Å². The number of hydrogen-bond acceptors (Lipinski definition) is 5. The number of thiophene rings is 1. The number of benzene rings is 1. The van der Waals surface area contributed by atoms with Crippen LogP contribution in [0, 0.1) is 0 Å². The highest BCUT2D eigenvalue weighted by atomic mass is 32.2. The number of carbonyl (C=O) groups excluding carboxylic acids is 3. The van der Waals surface area contributed by atoms with Crippen molar-refractivity contribution < 1.29 is 14.4 Å². The predicted octanol–water partition coefficient (Wildman–Crippen LogP) is 3.21. The van der Waals surface area contributed by atoms with Crippen LogP contribution in [0.4, 0.5) is 4.79 Å². The zero-order valence-electron chi connectivity index (χ0n) is 12.6. The van der Waals surface area contributed by atoms with Gasteiger partial charge in [0.15, 0.2) is 0 Å². The Hall–Kier alpha value is -2.38. The van der Waals surface area contributed by atoms with Crippen molar-refractivity contribution in [2.75, 3.05) is 13.1 Å². The highest BCUT2D eigenvalue weighted by Gasteiger charge is 2.34. The standard InChI is InChI=1S/C17H14N2O3S2/c20-15(13-6-9-23-11-13)18-7-8-19-16(21)14(24-17(19)22)10-12-4-2-1-3-5-12/h1-6,9-11H,7-8H2,(H,18,20)/b14-10+. The Bertz CT molecular complexity index is 785. The first kappa shape index (κ1) is 16.5. The van der Waals surface area contributed by atoms with Crippen LogP contribution in [0.1, 0.15) is 15.9 Å². The Balaban J connectivity index is 1.59. The minimum absolute atomic E-state index is 0.159. The van der Waals surface area contributed by atoms with Crippen molar-refractivity contribution in [3.05, 3.63) is 63.2 Å². The highest BCUT2D eigenvalue weighted by Crippen LogP contribution is 2.31. The fourth-order valence-electron chi connectivity index (χ4n) is 2.17. The van der Waals surface area contributed by atoms with E-state index in [9.17, 15) is 14.4 Å². The van der Waals surface area contributed by atoms with Gasteiger partial charge < -0.3 is 5.32 Å². The van der Waals surface area contributed by atoms with Crippen molar-refractivity contribution >= 4 is 46.2 Å². The van der Waals surface area contributed by atoms with Crippen LogP contribution in [0.5, 0.6) is 0 Å². The van der Waals surface area contributed by atoms with Crippen molar-refractivity contribution in [2.45, 2.75) is 0 Å². The molecule has 2 aromatic rings. The van der Waals surface area contributed by atoms with Gasteiger partial charge in [-0.05, 0) is 34.8 Å². The Morgan fingerprint density at radius 2 is 1.96 bits per heavy atom. The number of nitrogens with zero attached hydrogens (tertiary/aromatic N) is 1. The summed E-state index contributed by atoms with van der Waals surface area (Å²) < 4.78 is 0. The molecule has 1 N–H and O–H groups in total. The van der Waals surface area contributed by atoms with Gasteiger partial charge in [-0.3, -0.25) is 19.3 Å². The molecular formula is C17H14N2O3S2. The molecule has 0 spiro atoms. The summed E-state index contributed by atoms with van der Waals surface area (Å²) in [5, 5.41) is 5.96. The molecule has 0 bridgehead atoms. The molecule has 1 aliphatic heterocycles. The molecule has 1 saturated heterocycles. The molecule has 0 saturated carbocycles. The van der Waals surface area contributed by atoms with Gasteiger partial charge in [-0.1, -0.05) is 30.3 Å². The van der Waals surface area contributed by atoms with Crippen LogP contribution in [0.25, 0.3) is 6.08 Å². The lowest BCUT2D eigenvalue weighted by atomic mass is 10.2. The van der Waals surface area contributed by atoms with E-state index in [0.29, 0.717) is 10.5 Å². The van der Waals surface area contributed by atoms with Gasteiger partial charge in [-0.25, -0.2) is 0 Å². The zero-order chi connectivity index (χ0) is 16.9.